The van der Waals surface area contributed by atoms with Crippen molar-refractivity contribution < 1.29 is 4.74 Å². The van der Waals surface area contributed by atoms with Gasteiger partial charge in [0.15, 0.2) is 0 Å². The van der Waals surface area contributed by atoms with Crippen molar-refractivity contribution in [3.8, 4) is 23.1 Å². The summed E-state index contributed by atoms with van der Waals surface area (Å²) < 4.78 is 6.87. The molecule has 0 radical (unpaired) electrons. The Morgan fingerprint density at radius 3 is 2.56 bits per heavy atom. The van der Waals surface area contributed by atoms with Gasteiger partial charge < -0.3 is 9.64 Å². The molecule has 1 saturated heterocycles. The number of piperazine rings is 1. The molecule has 4 aromatic rings. The zero-order chi connectivity index (χ0) is 21.9. The molecule has 32 heavy (non-hydrogen) atoms. The van der Waals surface area contributed by atoms with Gasteiger partial charge in [-0.05, 0) is 23.8 Å². The highest BCUT2D eigenvalue weighted by Gasteiger charge is 2.19. The van der Waals surface area contributed by atoms with E-state index in [0.717, 1.165) is 55.2 Å². The molecular weight excluding hydrogens is 402 g/mol. The van der Waals surface area contributed by atoms with Crippen LogP contribution in [0.15, 0.2) is 61.2 Å². The fourth-order valence-corrected chi connectivity index (χ4v) is 4.11. The molecule has 0 atom stereocenters. The topological polar surface area (TPSA) is 82.6 Å². The second-order valence-corrected chi connectivity index (χ2v) is 7.76. The van der Waals surface area contributed by atoms with Crippen molar-refractivity contribution in [2.24, 2.45) is 0 Å². The first-order valence-electron chi connectivity index (χ1n) is 10.5. The summed E-state index contributed by atoms with van der Waals surface area (Å²) in [6.07, 6.45) is 7.21. The van der Waals surface area contributed by atoms with Gasteiger partial charge in [0, 0.05) is 68.5 Å². The first-order chi connectivity index (χ1) is 15.7. The van der Waals surface area contributed by atoms with Crippen molar-refractivity contribution in [1.82, 2.24) is 24.5 Å². The van der Waals surface area contributed by atoms with E-state index in [1.54, 1.807) is 17.8 Å². The van der Waals surface area contributed by atoms with Crippen LogP contribution in [0.4, 0.5) is 5.82 Å². The predicted octanol–water partition coefficient (Wildman–Crippen LogP) is 2.99. The lowest BCUT2D eigenvalue weighted by atomic mass is 10.1. The van der Waals surface area contributed by atoms with Crippen LogP contribution in [0.25, 0.3) is 16.6 Å². The average Bonchev–Trinajstić information content (AvgIpc) is 3.29. The molecule has 0 spiro atoms. The largest absolute Gasteiger partial charge is 0.481 e. The Kier molecular flexibility index (Phi) is 5.40. The van der Waals surface area contributed by atoms with Crippen LogP contribution in [-0.2, 0) is 6.54 Å². The summed E-state index contributed by atoms with van der Waals surface area (Å²) in [5.74, 6) is 1.61. The molecule has 8 nitrogen and oxygen atoms in total. The summed E-state index contributed by atoms with van der Waals surface area (Å²) in [6, 6.07) is 14.3. The van der Waals surface area contributed by atoms with E-state index in [4.69, 9.17) is 9.72 Å². The van der Waals surface area contributed by atoms with Gasteiger partial charge in [0.25, 0.3) is 0 Å². The summed E-state index contributed by atoms with van der Waals surface area (Å²) in [5.41, 5.74) is 4.49. The highest BCUT2D eigenvalue weighted by atomic mass is 16.5. The van der Waals surface area contributed by atoms with Gasteiger partial charge in [-0.15, -0.1) is 0 Å². The minimum absolute atomic E-state index is 0.563. The third-order valence-electron chi connectivity index (χ3n) is 5.83. The van der Waals surface area contributed by atoms with E-state index in [2.05, 4.69) is 44.2 Å². The van der Waals surface area contributed by atoms with Gasteiger partial charge in [0.05, 0.1) is 24.4 Å². The molecule has 1 aliphatic heterocycles. The molecule has 0 saturated carbocycles. The van der Waals surface area contributed by atoms with Crippen molar-refractivity contribution in [3.05, 3.63) is 72.3 Å². The molecular formula is C24H23N7O. The van der Waals surface area contributed by atoms with E-state index in [1.807, 2.05) is 36.8 Å². The van der Waals surface area contributed by atoms with Crippen molar-refractivity contribution in [1.29, 1.82) is 5.26 Å². The summed E-state index contributed by atoms with van der Waals surface area (Å²) in [6.45, 7) is 4.67. The lowest BCUT2D eigenvalue weighted by molar-refractivity contribution is 0.249. The first kappa shape index (κ1) is 20.0. The van der Waals surface area contributed by atoms with E-state index in [0.29, 0.717) is 11.4 Å². The molecule has 0 bridgehead atoms. The Labute approximate surface area is 186 Å². The van der Waals surface area contributed by atoms with Crippen molar-refractivity contribution in [2.75, 3.05) is 38.2 Å². The summed E-state index contributed by atoms with van der Waals surface area (Å²) >= 11 is 0. The molecule has 8 heteroatoms. The lowest BCUT2D eigenvalue weighted by Gasteiger charge is -2.35. The number of hydrogen-bond acceptors (Lipinski definition) is 7. The van der Waals surface area contributed by atoms with Crippen molar-refractivity contribution in [2.45, 2.75) is 6.54 Å². The maximum atomic E-state index is 9.41. The highest BCUT2D eigenvalue weighted by Crippen LogP contribution is 2.27. The van der Waals surface area contributed by atoms with Gasteiger partial charge >= 0.3 is 0 Å². The number of anilines is 1. The molecule has 0 aliphatic carbocycles. The van der Waals surface area contributed by atoms with Crippen molar-refractivity contribution in [3.63, 3.8) is 0 Å². The predicted molar refractivity (Wildman–Crippen MR) is 121 cm³/mol. The van der Waals surface area contributed by atoms with Gasteiger partial charge in [0.1, 0.15) is 11.9 Å². The number of rotatable bonds is 5. The molecule has 0 amide bonds. The standard InChI is InChI=1S/C24H23N7O/c1-32-23-7-4-18(14-27-23)17-29-9-11-30(12-10-29)22-6-5-19(15-26-22)21-3-2-8-31-24(21)20(13-25)16-28-31/h2-8,14-16H,9-12,17H2,1H3. The SMILES string of the molecule is COc1ccc(CN2CCN(c3ccc(-c4cccn5ncc(C#N)c45)cn3)CC2)cn1. The van der Waals surface area contributed by atoms with Crippen molar-refractivity contribution >= 4 is 11.3 Å². The summed E-state index contributed by atoms with van der Waals surface area (Å²) in [4.78, 5) is 13.8. The fraction of sp³-hybridized carbons (Fsp3) is 0.250. The maximum Gasteiger partial charge on any atom is 0.212 e. The van der Waals surface area contributed by atoms with E-state index in [1.165, 1.54) is 5.56 Å². The van der Waals surface area contributed by atoms with Crippen LogP contribution >= 0.6 is 0 Å². The Morgan fingerprint density at radius 2 is 1.88 bits per heavy atom. The molecule has 4 aromatic heterocycles. The minimum atomic E-state index is 0.563. The molecule has 0 N–H and O–H groups in total. The van der Waals surface area contributed by atoms with Crippen LogP contribution in [0.1, 0.15) is 11.1 Å². The van der Waals surface area contributed by atoms with E-state index < -0.39 is 0 Å². The minimum Gasteiger partial charge on any atom is -0.481 e. The number of aromatic nitrogens is 4. The summed E-state index contributed by atoms with van der Waals surface area (Å²) in [5, 5.41) is 13.7. The van der Waals surface area contributed by atoms with E-state index in [9.17, 15) is 5.26 Å². The number of nitrogens with zero attached hydrogens (tertiary/aromatic N) is 7. The quantitative estimate of drug-likeness (QED) is 0.486. The fourth-order valence-electron chi connectivity index (χ4n) is 4.11. The Hall–Kier alpha value is -3.96. The average molecular weight is 425 g/mol. The summed E-state index contributed by atoms with van der Waals surface area (Å²) in [7, 11) is 1.63. The zero-order valence-electron chi connectivity index (χ0n) is 17.8. The Balaban J connectivity index is 1.26. The third kappa shape index (κ3) is 3.86. The third-order valence-corrected chi connectivity index (χ3v) is 5.83. The van der Waals surface area contributed by atoms with Crippen LogP contribution < -0.4 is 9.64 Å². The zero-order valence-corrected chi connectivity index (χ0v) is 17.8. The smallest absolute Gasteiger partial charge is 0.212 e. The monoisotopic (exact) mass is 425 g/mol. The van der Waals surface area contributed by atoms with Gasteiger partial charge in [-0.2, -0.15) is 10.4 Å². The molecule has 5 heterocycles. The normalized spacial score (nSPS) is 14.4. The highest BCUT2D eigenvalue weighted by molar-refractivity contribution is 5.84. The van der Waals surface area contributed by atoms with Crippen LogP contribution in [-0.4, -0.2) is 57.8 Å². The van der Waals surface area contributed by atoms with Crippen LogP contribution in [0.3, 0.4) is 0 Å². The maximum absolute atomic E-state index is 9.41. The van der Waals surface area contributed by atoms with Crippen LogP contribution in [0, 0.1) is 11.3 Å². The molecule has 1 aliphatic rings. The van der Waals surface area contributed by atoms with Gasteiger partial charge in [-0.25, -0.2) is 14.5 Å². The van der Waals surface area contributed by atoms with Gasteiger partial charge in [-0.1, -0.05) is 12.1 Å². The van der Waals surface area contributed by atoms with Crippen LogP contribution in [0.5, 0.6) is 5.88 Å². The Bertz CT molecular complexity index is 1250. The number of methoxy groups -OCH3 is 1. The second kappa shape index (κ2) is 8.65. The van der Waals surface area contributed by atoms with Gasteiger partial charge in [0.2, 0.25) is 5.88 Å². The molecule has 5 rings (SSSR count). The number of hydrogen-bond donors (Lipinski definition) is 0. The number of ether oxygens (including phenoxy) is 1. The van der Waals surface area contributed by atoms with Crippen LogP contribution in [0.2, 0.25) is 0 Å². The number of fused-ring (bicyclic) bond motifs is 1. The molecule has 0 unspecified atom stereocenters. The van der Waals surface area contributed by atoms with E-state index >= 15 is 0 Å². The second-order valence-electron chi connectivity index (χ2n) is 7.76. The van der Waals surface area contributed by atoms with Gasteiger partial charge in [-0.3, -0.25) is 4.90 Å². The Morgan fingerprint density at radius 1 is 1.00 bits per heavy atom. The number of nitriles is 1. The lowest BCUT2D eigenvalue weighted by Crippen LogP contribution is -2.46. The molecule has 160 valence electrons. The molecule has 1 fully saturated rings. The number of pyridine rings is 3. The molecule has 0 aromatic carbocycles. The van der Waals surface area contributed by atoms with E-state index in [-0.39, 0.29) is 0 Å². The first-order valence-corrected chi connectivity index (χ1v) is 10.5.